The number of rotatable bonds is 7. The van der Waals surface area contributed by atoms with Crippen molar-refractivity contribution in [2.75, 3.05) is 0 Å². The average molecular weight is 382 g/mol. The maximum absolute atomic E-state index is 13.0. The Labute approximate surface area is 163 Å². The second-order valence-corrected chi connectivity index (χ2v) is 8.53. The molecule has 0 amide bonds. The van der Waals surface area contributed by atoms with Gasteiger partial charge in [-0.25, -0.2) is 0 Å². The van der Waals surface area contributed by atoms with E-state index in [1.807, 2.05) is 51.1 Å². The molecule has 1 atom stereocenters. The van der Waals surface area contributed by atoms with E-state index in [2.05, 4.69) is 14.8 Å². The first-order valence-corrected chi connectivity index (χ1v) is 10.1. The van der Waals surface area contributed by atoms with Crippen molar-refractivity contribution < 1.29 is 9.21 Å². The Kier molecular flexibility index (Phi) is 4.91. The molecule has 0 aliphatic heterocycles. The van der Waals surface area contributed by atoms with Crippen molar-refractivity contribution in [3.63, 3.8) is 0 Å². The predicted molar refractivity (Wildman–Crippen MR) is 105 cm³/mol. The number of carbonyl (C=O) groups excluding carboxylic acids is 1. The Balaban J connectivity index is 1.58. The maximum Gasteiger partial charge on any atom is 0.192 e. The van der Waals surface area contributed by atoms with Gasteiger partial charge in [0.05, 0.1) is 18.1 Å². The zero-order valence-electron chi connectivity index (χ0n) is 15.8. The number of thioether (sulfide) groups is 1. The Bertz CT molecular complexity index is 958. The van der Waals surface area contributed by atoms with Crippen LogP contribution in [0.4, 0.5) is 0 Å². The molecular formula is C21H23N3O2S. The largest absolute Gasteiger partial charge is 0.467 e. The van der Waals surface area contributed by atoms with E-state index in [1.54, 1.807) is 6.26 Å². The number of Topliss-reactive ketones (excluding diaryl/α,β-unsaturated/α-hetero) is 1. The first-order chi connectivity index (χ1) is 13.0. The molecule has 140 valence electrons. The molecule has 1 saturated carbocycles. The molecule has 1 unspecified atom stereocenters. The van der Waals surface area contributed by atoms with Crippen LogP contribution in [0.2, 0.25) is 0 Å². The van der Waals surface area contributed by atoms with Gasteiger partial charge in [-0.3, -0.25) is 9.36 Å². The molecule has 0 bridgehead atoms. The van der Waals surface area contributed by atoms with E-state index in [9.17, 15) is 4.79 Å². The summed E-state index contributed by atoms with van der Waals surface area (Å²) in [6.45, 7) is 6.53. The smallest absolute Gasteiger partial charge is 0.192 e. The van der Waals surface area contributed by atoms with Gasteiger partial charge in [-0.05, 0) is 57.4 Å². The van der Waals surface area contributed by atoms with E-state index in [0.717, 1.165) is 46.3 Å². The summed E-state index contributed by atoms with van der Waals surface area (Å²) < 4.78 is 7.62. The molecule has 0 saturated heterocycles. The normalized spacial score (nSPS) is 15.1. The summed E-state index contributed by atoms with van der Waals surface area (Å²) in [7, 11) is 0. The summed E-state index contributed by atoms with van der Waals surface area (Å²) in [6.07, 6.45) is 3.98. The van der Waals surface area contributed by atoms with Gasteiger partial charge in [-0.2, -0.15) is 0 Å². The van der Waals surface area contributed by atoms with E-state index < -0.39 is 0 Å². The monoisotopic (exact) mass is 381 g/mol. The number of hydrogen-bond donors (Lipinski definition) is 0. The third kappa shape index (κ3) is 3.86. The second kappa shape index (κ2) is 7.35. The topological polar surface area (TPSA) is 60.9 Å². The highest BCUT2D eigenvalue weighted by Crippen LogP contribution is 2.40. The van der Waals surface area contributed by atoms with E-state index in [4.69, 9.17) is 4.42 Å². The molecule has 2 aromatic heterocycles. The van der Waals surface area contributed by atoms with E-state index in [0.29, 0.717) is 12.5 Å². The first kappa shape index (κ1) is 18.0. The number of aryl methyl sites for hydroxylation is 2. The number of ketones is 1. The van der Waals surface area contributed by atoms with Gasteiger partial charge in [0, 0.05) is 11.5 Å². The van der Waals surface area contributed by atoms with Crippen LogP contribution in [-0.4, -0.2) is 25.8 Å². The standard InChI is InChI=1S/C21H23N3O2S/c1-13-6-7-14(2)18(11-13)19(25)15(3)27-21-23-22-20(16-8-9-16)24(21)12-17-5-4-10-26-17/h4-7,10-11,15-16H,8-9,12H2,1-3H3. The second-order valence-electron chi connectivity index (χ2n) is 7.22. The molecule has 0 radical (unpaired) electrons. The zero-order chi connectivity index (χ0) is 19.0. The molecule has 6 heteroatoms. The Morgan fingerprint density at radius 3 is 2.81 bits per heavy atom. The number of furan rings is 1. The van der Waals surface area contributed by atoms with Crippen LogP contribution in [0, 0.1) is 13.8 Å². The number of nitrogens with zero attached hydrogens (tertiary/aromatic N) is 3. The molecule has 5 nitrogen and oxygen atoms in total. The molecule has 27 heavy (non-hydrogen) atoms. The van der Waals surface area contributed by atoms with Crippen molar-refractivity contribution in [3.8, 4) is 0 Å². The summed E-state index contributed by atoms with van der Waals surface area (Å²) in [5.74, 6) is 2.47. The number of aromatic nitrogens is 3. The fourth-order valence-electron chi connectivity index (χ4n) is 3.17. The Morgan fingerprint density at radius 1 is 1.30 bits per heavy atom. The summed E-state index contributed by atoms with van der Waals surface area (Å²) in [5, 5.41) is 9.35. The fourth-order valence-corrected chi connectivity index (χ4v) is 4.09. The van der Waals surface area contributed by atoms with Crippen LogP contribution >= 0.6 is 11.8 Å². The van der Waals surface area contributed by atoms with Crippen molar-refractivity contribution >= 4 is 17.5 Å². The summed E-state index contributed by atoms with van der Waals surface area (Å²) >= 11 is 1.47. The molecule has 1 aliphatic carbocycles. The van der Waals surface area contributed by atoms with Crippen LogP contribution in [0.15, 0.2) is 46.2 Å². The lowest BCUT2D eigenvalue weighted by Crippen LogP contribution is -2.16. The lowest BCUT2D eigenvalue weighted by Gasteiger charge is -2.14. The van der Waals surface area contributed by atoms with E-state index in [1.165, 1.54) is 11.8 Å². The number of hydrogen-bond acceptors (Lipinski definition) is 5. The molecule has 1 aliphatic rings. The van der Waals surface area contributed by atoms with Gasteiger partial charge in [-0.15, -0.1) is 10.2 Å². The predicted octanol–water partition coefficient (Wildman–Crippen LogP) is 4.78. The molecule has 0 N–H and O–H groups in total. The van der Waals surface area contributed by atoms with Gasteiger partial charge in [0.15, 0.2) is 10.9 Å². The van der Waals surface area contributed by atoms with Crippen LogP contribution in [0.25, 0.3) is 0 Å². The maximum atomic E-state index is 13.0. The average Bonchev–Trinajstić information content (AvgIpc) is 3.23. The van der Waals surface area contributed by atoms with Gasteiger partial charge in [-0.1, -0.05) is 29.5 Å². The van der Waals surface area contributed by atoms with Gasteiger partial charge in [0.1, 0.15) is 11.6 Å². The molecule has 1 fully saturated rings. The molecular weight excluding hydrogens is 358 g/mol. The minimum atomic E-state index is -0.239. The highest BCUT2D eigenvalue weighted by Gasteiger charge is 2.31. The fraction of sp³-hybridized carbons (Fsp3) is 0.381. The summed E-state index contributed by atoms with van der Waals surface area (Å²) in [4.78, 5) is 13.0. The number of benzene rings is 1. The molecule has 3 aromatic rings. The highest BCUT2D eigenvalue weighted by atomic mass is 32.2. The molecule has 0 spiro atoms. The van der Waals surface area contributed by atoms with Crippen LogP contribution in [0.1, 0.15) is 58.8 Å². The molecule has 2 heterocycles. The van der Waals surface area contributed by atoms with Crippen molar-refractivity contribution in [1.29, 1.82) is 0 Å². The lowest BCUT2D eigenvalue weighted by molar-refractivity contribution is 0.0993. The van der Waals surface area contributed by atoms with Crippen molar-refractivity contribution in [2.24, 2.45) is 0 Å². The van der Waals surface area contributed by atoms with Gasteiger partial charge < -0.3 is 4.42 Å². The summed E-state index contributed by atoms with van der Waals surface area (Å²) in [6, 6.07) is 9.85. The highest BCUT2D eigenvalue weighted by molar-refractivity contribution is 8.00. The minimum absolute atomic E-state index is 0.127. The lowest BCUT2D eigenvalue weighted by atomic mass is 10.0. The van der Waals surface area contributed by atoms with Gasteiger partial charge in [0.25, 0.3) is 0 Å². The van der Waals surface area contributed by atoms with Crippen LogP contribution in [0.5, 0.6) is 0 Å². The van der Waals surface area contributed by atoms with Crippen molar-refractivity contribution in [3.05, 3.63) is 64.9 Å². The minimum Gasteiger partial charge on any atom is -0.467 e. The zero-order valence-corrected chi connectivity index (χ0v) is 16.6. The molecule has 4 rings (SSSR count). The van der Waals surface area contributed by atoms with E-state index >= 15 is 0 Å². The molecule has 1 aromatic carbocycles. The first-order valence-electron chi connectivity index (χ1n) is 9.26. The third-order valence-corrected chi connectivity index (χ3v) is 5.97. The Hall–Kier alpha value is -2.34. The van der Waals surface area contributed by atoms with Crippen LogP contribution in [0.3, 0.4) is 0 Å². The van der Waals surface area contributed by atoms with Crippen molar-refractivity contribution in [1.82, 2.24) is 14.8 Å². The van der Waals surface area contributed by atoms with Crippen LogP contribution in [-0.2, 0) is 6.54 Å². The van der Waals surface area contributed by atoms with Crippen molar-refractivity contribution in [2.45, 2.75) is 56.5 Å². The summed E-state index contributed by atoms with van der Waals surface area (Å²) in [5.41, 5.74) is 2.89. The Morgan fingerprint density at radius 2 is 2.11 bits per heavy atom. The van der Waals surface area contributed by atoms with Crippen LogP contribution < -0.4 is 0 Å². The SMILES string of the molecule is Cc1ccc(C)c(C(=O)C(C)Sc2nnc(C3CC3)n2Cc2ccco2)c1. The quantitative estimate of drug-likeness (QED) is 0.435. The van der Waals surface area contributed by atoms with E-state index in [-0.39, 0.29) is 11.0 Å². The van der Waals surface area contributed by atoms with Gasteiger partial charge >= 0.3 is 0 Å². The third-order valence-electron chi connectivity index (χ3n) is 4.89. The number of carbonyl (C=O) groups is 1. The van der Waals surface area contributed by atoms with Gasteiger partial charge in [0.2, 0.25) is 0 Å².